The first-order valence-electron chi connectivity index (χ1n) is 10.4. The Balaban J connectivity index is 1.73. The van der Waals surface area contributed by atoms with Crippen LogP contribution in [0.1, 0.15) is 51.8 Å². The Labute approximate surface area is 180 Å². The van der Waals surface area contributed by atoms with Crippen molar-refractivity contribution in [1.29, 1.82) is 0 Å². The minimum absolute atomic E-state index is 0.0451. The molecular weight excluding hydrogens is 400 g/mol. The molecular formula is C22H26N4O5. The molecule has 3 heterocycles. The fraction of sp³-hybridized carbons (Fsp3) is 0.455. The number of likely N-dealkylation sites (N-methyl/N-ethyl adjacent to an activating group) is 1. The standard InChI is InChI=1S/C22H26N4O5/c1-24-13-16(20(27)25-11-7-4-8-12-25)26-18(21(24)28)19(17(23-26)22(29)30-2)31-14-15-9-5-3-6-10-15/h3,5-6,9-10,16H,4,7-8,11-14H2,1-2H3. The third-order valence-corrected chi connectivity index (χ3v) is 5.72. The highest BCUT2D eigenvalue weighted by Crippen LogP contribution is 2.33. The Morgan fingerprint density at radius 1 is 1.13 bits per heavy atom. The van der Waals surface area contributed by atoms with E-state index in [9.17, 15) is 14.4 Å². The maximum Gasteiger partial charge on any atom is 0.362 e. The average Bonchev–Trinajstić information content (AvgIpc) is 3.20. The Morgan fingerprint density at radius 3 is 2.52 bits per heavy atom. The molecule has 0 aliphatic carbocycles. The summed E-state index contributed by atoms with van der Waals surface area (Å²) in [5.41, 5.74) is 0.866. The molecule has 31 heavy (non-hydrogen) atoms. The van der Waals surface area contributed by atoms with Crippen LogP contribution < -0.4 is 4.74 Å². The molecule has 2 aromatic rings. The molecule has 1 saturated heterocycles. The third-order valence-electron chi connectivity index (χ3n) is 5.72. The molecule has 9 nitrogen and oxygen atoms in total. The van der Waals surface area contributed by atoms with Gasteiger partial charge in [-0.2, -0.15) is 5.10 Å². The number of methoxy groups -OCH3 is 1. The number of piperidine rings is 1. The number of nitrogens with zero attached hydrogens (tertiary/aromatic N) is 4. The van der Waals surface area contributed by atoms with E-state index < -0.39 is 12.0 Å². The number of likely N-dealkylation sites (tertiary alicyclic amines) is 1. The van der Waals surface area contributed by atoms with Crippen molar-refractivity contribution >= 4 is 17.8 Å². The molecule has 4 rings (SSSR count). The summed E-state index contributed by atoms with van der Waals surface area (Å²) in [6.45, 7) is 1.70. The normalized spacial score (nSPS) is 18.5. The van der Waals surface area contributed by atoms with E-state index >= 15 is 0 Å². The van der Waals surface area contributed by atoms with E-state index in [0.717, 1.165) is 24.8 Å². The first kappa shape index (κ1) is 20.9. The highest BCUT2D eigenvalue weighted by atomic mass is 16.5. The van der Waals surface area contributed by atoms with Gasteiger partial charge < -0.3 is 19.3 Å². The lowest BCUT2D eigenvalue weighted by Gasteiger charge is -2.35. The summed E-state index contributed by atoms with van der Waals surface area (Å²) >= 11 is 0. The summed E-state index contributed by atoms with van der Waals surface area (Å²) in [6.07, 6.45) is 3.01. The van der Waals surface area contributed by atoms with Crippen molar-refractivity contribution in [2.24, 2.45) is 0 Å². The second-order valence-electron chi connectivity index (χ2n) is 7.82. The lowest BCUT2D eigenvalue weighted by Crippen LogP contribution is -2.49. The van der Waals surface area contributed by atoms with Gasteiger partial charge in [-0.25, -0.2) is 9.48 Å². The molecule has 164 valence electrons. The average molecular weight is 426 g/mol. The van der Waals surface area contributed by atoms with Gasteiger partial charge in [-0.3, -0.25) is 9.59 Å². The largest absolute Gasteiger partial charge is 0.484 e. The van der Waals surface area contributed by atoms with E-state index in [2.05, 4.69) is 5.10 Å². The number of rotatable bonds is 5. The zero-order valence-electron chi connectivity index (χ0n) is 17.7. The topological polar surface area (TPSA) is 94.0 Å². The number of ether oxygens (including phenoxy) is 2. The van der Waals surface area contributed by atoms with Gasteiger partial charge in [-0.05, 0) is 24.8 Å². The molecule has 1 unspecified atom stereocenters. The van der Waals surface area contributed by atoms with Gasteiger partial charge in [0.25, 0.3) is 5.91 Å². The number of benzene rings is 1. The predicted octanol–water partition coefficient (Wildman–Crippen LogP) is 1.89. The van der Waals surface area contributed by atoms with E-state index in [4.69, 9.17) is 9.47 Å². The van der Waals surface area contributed by atoms with Crippen molar-refractivity contribution in [1.82, 2.24) is 19.6 Å². The van der Waals surface area contributed by atoms with Gasteiger partial charge in [0.1, 0.15) is 12.6 Å². The van der Waals surface area contributed by atoms with Crippen LogP contribution in [0.15, 0.2) is 30.3 Å². The number of hydrogen-bond donors (Lipinski definition) is 0. The van der Waals surface area contributed by atoms with E-state index in [0.29, 0.717) is 13.1 Å². The summed E-state index contributed by atoms with van der Waals surface area (Å²) in [6, 6.07) is 8.68. The lowest BCUT2D eigenvalue weighted by atomic mass is 10.1. The fourth-order valence-electron chi connectivity index (χ4n) is 4.04. The Kier molecular flexibility index (Phi) is 5.92. The van der Waals surface area contributed by atoms with E-state index in [-0.39, 0.29) is 42.1 Å². The van der Waals surface area contributed by atoms with Crippen LogP contribution in [0.25, 0.3) is 0 Å². The minimum atomic E-state index is -0.718. The molecule has 0 bridgehead atoms. The number of esters is 1. The van der Waals surface area contributed by atoms with Gasteiger partial charge in [0, 0.05) is 20.1 Å². The van der Waals surface area contributed by atoms with Gasteiger partial charge >= 0.3 is 5.97 Å². The predicted molar refractivity (Wildman–Crippen MR) is 111 cm³/mol. The van der Waals surface area contributed by atoms with E-state index in [1.807, 2.05) is 35.2 Å². The Morgan fingerprint density at radius 2 is 1.84 bits per heavy atom. The molecule has 2 aliphatic rings. The highest BCUT2D eigenvalue weighted by molar-refractivity contribution is 6.02. The monoisotopic (exact) mass is 426 g/mol. The zero-order chi connectivity index (χ0) is 22.0. The lowest BCUT2D eigenvalue weighted by molar-refractivity contribution is -0.136. The van der Waals surface area contributed by atoms with Crippen LogP contribution in [0.2, 0.25) is 0 Å². The van der Waals surface area contributed by atoms with Crippen LogP contribution in [0.4, 0.5) is 0 Å². The molecule has 2 aliphatic heterocycles. The molecule has 0 N–H and O–H groups in total. The van der Waals surface area contributed by atoms with Crippen molar-refractivity contribution in [3.8, 4) is 5.75 Å². The SMILES string of the molecule is COC(=O)c1nn2c(c1OCc1ccccc1)C(=O)N(C)CC2C(=O)N1CCCCC1. The van der Waals surface area contributed by atoms with E-state index in [1.54, 1.807) is 7.05 Å². The van der Waals surface area contributed by atoms with Gasteiger partial charge in [0.05, 0.1) is 13.7 Å². The minimum Gasteiger partial charge on any atom is -0.484 e. The summed E-state index contributed by atoms with van der Waals surface area (Å²) in [5.74, 6) is -1.13. The second-order valence-corrected chi connectivity index (χ2v) is 7.82. The van der Waals surface area contributed by atoms with Crippen LogP contribution >= 0.6 is 0 Å². The molecule has 0 saturated carbocycles. The van der Waals surface area contributed by atoms with Crippen molar-refractivity contribution in [2.75, 3.05) is 33.8 Å². The van der Waals surface area contributed by atoms with Crippen LogP contribution in [0.3, 0.4) is 0 Å². The van der Waals surface area contributed by atoms with Crippen molar-refractivity contribution in [3.63, 3.8) is 0 Å². The summed E-state index contributed by atoms with van der Waals surface area (Å²) in [7, 11) is 2.88. The van der Waals surface area contributed by atoms with Gasteiger partial charge in [0.15, 0.2) is 11.4 Å². The summed E-state index contributed by atoms with van der Waals surface area (Å²) in [4.78, 5) is 42.0. The van der Waals surface area contributed by atoms with Crippen LogP contribution in [0, 0.1) is 0 Å². The number of carbonyl (C=O) groups is 3. The first-order valence-corrected chi connectivity index (χ1v) is 10.4. The highest BCUT2D eigenvalue weighted by Gasteiger charge is 2.42. The van der Waals surface area contributed by atoms with Crippen LogP contribution in [-0.2, 0) is 16.1 Å². The second kappa shape index (κ2) is 8.79. The quantitative estimate of drug-likeness (QED) is 0.678. The number of aromatic nitrogens is 2. The zero-order valence-corrected chi connectivity index (χ0v) is 17.7. The van der Waals surface area contributed by atoms with Gasteiger partial charge in [0.2, 0.25) is 11.6 Å². The smallest absolute Gasteiger partial charge is 0.362 e. The molecule has 9 heteroatoms. The van der Waals surface area contributed by atoms with Crippen LogP contribution in [0.5, 0.6) is 5.75 Å². The van der Waals surface area contributed by atoms with Crippen molar-refractivity contribution in [2.45, 2.75) is 31.9 Å². The third kappa shape index (κ3) is 3.99. The number of carbonyl (C=O) groups excluding carboxylic acids is 3. The maximum atomic E-state index is 13.3. The molecule has 2 amide bonds. The Hall–Kier alpha value is -3.36. The Bertz CT molecular complexity index is 981. The molecule has 1 fully saturated rings. The van der Waals surface area contributed by atoms with Crippen molar-refractivity contribution < 1.29 is 23.9 Å². The molecule has 0 spiro atoms. The molecule has 1 aromatic heterocycles. The first-order chi connectivity index (χ1) is 15.0. The van der Waals surface area contributed by atoms with Crippen molar-refractivity contribution in [3.05, 3.63) is 47.3 Å². The maximum absolute atomic E-state index is 13.3. The fourth-order valence-corrected chi connectivity index (χ4v) is 4.04. The van der Waals surface area contributed by atoms with E-state index in [1.165, 1.54) is 16.7 Å². The van der Waals surface area contributed by atoms with Gasteiger partial charge in [-0.1, -0.05) is 30.3 Å². The summed E-state index contributed by atoms with van der Waals surface area (Å²) in [5, 5.41) is 4.34. The molecule has 1 aromatic carbocycles. The molecule has 0 radical (unpaired) electrons. The summed E-state index contributed by atoms with van der Waals surface area (Å²) < 4.78 is 12.1. The number of hydrogen-bond acceptors (Lipinski definition) is 6. The van der Waals surface area contributed by atoms with Crippen LogP contribution in [-0.4, -0.2) is 71.2 Å². The number of fused-ring (bicyclic) bond motifs is 1. The van der Waals surface area contributed by atoms with Gasteiger partial charge in [-0.15, -0.1) is 0 Å². The number of amides is 2. The molecule has 1 atom stereocenters.